The first-order valence-electron chi connectivity index (χ1n) is 7.22. The molecular weight excluding hydrogens is 257 g/mol. The molecule has 0 aliphatic carbocycles. The number of halogens is 1. The lowest BCUT2D eigenvalue weighted by molar-refractivity contribution is -0.00848. The van der Waals surface area contributed by atoms with Gasteiger partial charge < -0.3 is 10.1 Å². The lowest BCUT2D eigenvalue weighted by atomic mass is 9.97. The van der Waals surface area contributed by atoms with Crippen molar-refractivity contribution in [2.24, 2.45) is 5.92 Å². The summed E-state index contributed by atoms with van der Waals surface area (Å²) in [5.41, 5.74) is 0.891. The summed E-state index contributed by atoms with van der Waals surface area (Å²) in [6.45, 7) is 7.94. The Kier molecular flexibility index (Phi) is 5.46. The molecule has 1 saturated heterocycles. The third-order valence-electron chi connectivity index (χ3n) is 3.98. The first-order valence-corrected chi connectivity index (χ1v) is 7.22. The number of rotatable bonds is 5. The maximum absolute atomic E-state index is 13.0. The summed E-state index contributed by atoms with van der Waals surface area (Å²) in [6, 6.07) is 3.81. The molecule has 0 spiro atoms. The fraction of sp³-hybridized carbons (Fsp3) is 0.667. The highest BCUT2D eigenvalue weighted by molar-refractivity contribution is 5.11. The molecule has 1 N–H and O–H groups in total. The van der Waals surface area contributed by atoms with Crippen molar-refractivity contribution >= 4 is 0 Å². The summed E-state index contributed by atoms with van der Waals surface area (Å²) in [6.07, 6.45) is 1.28. The van der Waals surface area contributed by atoms with E-state index in [9.17, 15) is 4.39 Å². The molecular formula is C15H24FN3O. The Morgan fingerprint density at radius 3 is 2.95 bits per heavy atom. The van der Waals surface area contributed by atoms with Crippen molar-refractivity contribution < 1.29 is 9.13 Å². The van der Waals surface area contributed by atoms with E-state index in [0.717, 1.165) is 32.0 Å². The van der Waals surface area contributed by atoms with Crippen molar-refractivity contribution in [3.8, 4) is 0 Å². The molecule has 1 fully saturated rings. The molecule has 0 aromatic carbocycles. The van der Waals surface area contributed by atoms with Crippen LogP contribution in [0.5, 0.6) is 0 Å². The molecule has 1 aliphatic heterocycles. The summed E-state index contributed by atoms with van der Waals surface area (Å²) in [5, 5.41) is 3.30. The van der Waals surface area contributed by atoms with Crippen molar-refractivity contribution in [1.82, 2.24) is 15.2 Å². The second kappa shape index (κ2) is 7.11. The maximum Gasteiger partial charge on any atom is 0.141 e. The van der Waals surface area contributed by atoms with Gasteiger partial charge >= 0.3 is 0 Å². The summed E-state index contributed by atoms with van der Waals surface area (Å²) in [5.74, 6) is 0.0940. The highest BCUT2D eigenvalue weighted by atomic mass is 19.1. The van der Waals surface area contributed by atoms with Crippen molar-refractivity contribution in [3.05, 3.63) is 29.8 Å². The van der Waals surface area contributed by atoms with E-state index in [1.54, 1.807) is 6.07 Å². The van der Waals surface area contributed by atoms with Gasteiger partial charge in [0.15, 0.2) is 0 Å². The highest BCUT2D eigenvalue weighted by Gasteiger charge is 2.25. The Labute approximate surface area is 120 Å². The van der Waals surface area contributed by atoms with Gasteiger partial charge in [-0.3, -0.25) is 9.88 Å². The van der Waals surface area contributed by atoms with Crippen molar-refractivity contribution in [1.29, 1.82) is 0 Å². The Balaban J connectivity index is 2.01. The molecule has 5 heteroatoms. The monoisotopic (exact) mass is 281 g/mol. The molecule has 0 bridgehead atoms. The van der Waals surface area contributed by atoms with Gasteiger partial charge in [0.05, 0.1) is 31.1 Å². The number of ether oxygens (including phenoxy) is 1. The molecule has 0 saturated carbocycles. The lowest BCUT2D eigenvalue weighted by Crippen LogP contribution is -2.47. The molecule has 20 heavy (non-hydrogen) atoms. The van der Waals surface area contributed by atoms with Crippen LogP contribution in [0.1, 0.15) is 25.6 Å². The number of pyridine rings is 1. The third kappa shape index (κ3) is 3.75. The normalized spacial score (nSPS) is 23.5. The van der Waals surface area contributed by atoms with Crippen LogP contribution in [0.2, 0.25) is 0 Å². The molecule has 1 aromatic rings. The fourth-order valence-electron chi connectivity index (χ4n) is 2.80. The van der Waals surface area contributed by atoms with Gasteiger partial charge in [-0.25, -0.2) is 4.39 Å². The number of nitrogens with zero attached hydrogens (tertiary/aromatic N) is 2. The molecule has 3 unspecified atom stereocenters. The summed E-state index contributed by atoms with van der Waals surface area (Å²) in [7, 11) is 1.93. The Bertz CT molecular complexity index is 412. The summed E-state index contributed by atoms with van der Waals surface area (Å²) < 4.78 is 18.4. The molecule has 112 valence electrons. The fourth-order valence-corrected chi connectivity index (χ4v) is 2.80. The maximum atomic E-state index is 13.0. The van der Waals surface area contributed by atoms with Crippen LogP contribution in [-0.4, -0.2) is 49.3 Å². The quantitative estimate of drug-likeness (QED) is 0.893. The largest absolute Gasteiger partial charge is 0.379 e. The SMILES string of the molecule is CNC(c1ccc(F)cn1)C(C)CN1CCOCC1C. The zero-order chi connectivity index (χ0) is 14.5. The van der Waals surface area contributed by atoms with Crippen LogP contribution in [0.25, 0.3) is 0 Å². The minimum Gasteiger partial charge on any atom is -0.379 e. The van der Waals surface area contributed by atoms with Crippen LogP contribution in [0.3, 0.4) is 0 Å². The van der Waals surface area contributed by atoms with E-state index in [0.29, 0.717) is 12.0 Å². The first-order chi connectivity index (χ1) is 9.61. The molecule has 1 aliphatic rings. The first kappa shape index (κ1) is 15.4. The molecule has 2 rings (SSSR count). The lowest BCUT2D eigenvalue weighted by Gasteiger charge is -2.36. The topological polar surface area (TPSA) is 37.4 Å². The van der Waals surface area contributed by atoms with Gasteiger partial charge in [-0.15, -0.1) is 0 Å². The molecule has 3 atom stereocenters. The predicted molar refractivity (Wildman–Crippen MR) is 77.0 cm³/mol. The predicted octanol–water partition coefficient (Wildman–Crippen LogP) is 1.84. The van der Waals surface area contributed by atoms with Crippen LogP contribution >= 0.6 is 0 Å². The minimum absolute atomic E-state index is 0.130. The number of nitrogens with one attached hydrogen (secondary N) is 1. The standard InChI is InChI=1S/C15H24FN3O/c1-11(9-19-6-7-20-10-12(19)2)15(17-3)14-5-4-13(16)8-18-14/h4-5,8,11-12,15,17H,6-7,9-10H2,1-3H3. The zero-order valence-electron chi connectivity index (χ0n) is 12.5. The number of hydrogen-bond donors (Lipinski definition) is 1. The van der Waals surface area contributed by atoms with Crippen LogP contribution < -0.4 is 5.32 Å². The minimum atomic E-state index is -0.293. The van der Waals surface area contributed by atoms with Gasteiger partial charge in [0.25, 0.3) is 0 Å². The Hall–Kier alpha value is -1.04. The molecule has 2 heterocycles. The molecule has 0 amide bonds. The Morgan fingerprint density at radius 2 is 2.35 bits per heavy atom. The van der Waals surface area contributed by atoms with E-state index < -0.39 is 0 Å². The van der Waals surface area contributed by atoms with Gasteiger partial charge in [0.1, 0.15) is 5.82 Å². The van der Waals surface area contributed by atoms with Crippen molar-refractivity contribution in [2.45, 2.75) is 25.9 Å². The number of hydrogen-bond acceptors (Lipinski definition) is 4. The average molecular weight is 281 g/mol. The van der Waals surface area contributed by atoms with E-state index in [4.69, 9.17) is 4.74 Å². The zero-order valence-corrected chi connectivity index (χ0v) is 12.5. The van der Waals surface area contributed by atoms with Gasteiger partial charge in [-0.05, 0) is 32.0 Å². The van der Waals surface area contributed by atoms with Crippen molar-refractivity contribution in [2.75, 3.05) is 33.4 Å². The van der Waals surface area contributed by atoms with Gasteiger partial charge in [-0.2, -0.15) is 0 Å². The summed E-state index contributed by atoms with van der Waals surface area (Å²) in [4.78, 5) is 6.65. The third-order valence-corrected chi connectivity index (χ3v) is 3.98. The van der Waals surface area contributed by atoms with E-state index in [2.05, 4.69) is 29.0 Å². The number of morpholine rings is 1. The van der Waals surface area contributed by atoms with E-state index in [1.165, 1.54) is 12.3 Å². The second-order valence-electron chi connectivity index (χ2n) is 5.56. The molecule has 1 aromatic heterocycles. The summed E-state index contributed by atoms with van der Waals surface area (Å²) >= 11 is 0. The van der Waals surface area contributed by atoms with Crippen LogP contribution in [0.4, 0.5) is 4.39 Å². The van der Waals surface area contributed by atoms with E-state index in [-0.39, 0.29) is 11.9 Å². The van der Waals surface area contributed by atoms with Crippen LogP contribution in [0, 0.1) is 11.7 Å². The Morgan fingerprint density at radius 1 is 1.55 bits per heavy atom. The molecule has 4 nitrogen and oxygen atoms in total. The van der Waals surface area contributed by atoms with E-state index in [1.807, 2.05) is 7.05 Å². The average Bonchev–Trinajstić information content (AvgIpc) is 2.44. The van der Waals surface area contributed by atoms with Crippen LogP contribution in [0.15, 0.2) is 18.3 Å². The van der Waals surface area contributed by atoms with E-state index >= 15 is 0 Å². The van der Waals surface area contributed by atoms with Crippen molar-refractivity contribution in [3.63, 3.8) is 0 Å². The van der Waals surface area contributed by atoms with Gasteiger partial charge in [0, 0.05) is 19.1 Å². The van der Waals surface area contributed by atoms with Gasteiger partial charge in [0.2, 0.25) is 0 Å². The number of aromatic nitrogens is 1. The van der Waals surface area contributed by atoms with Crippen LogP contribution in [-0.2, 0) is 4.74 Å². The smallest absolute Gasteiger partial charge is 0.141 e. The molecule has 0 radical (unpaired) electrons. The highest BCUT2D eigenvalue weighted by Crippen LogP contribution is 2.22. The van der Waals surface area contributed by atoms with Gasteiger partial charge in [-0.1, -0.05) is 6.92 Å². The second-order valence-corrected chi connectivity index (χ2v) is 5.56.